The van der Waals surface area contributed by atoms with Gasteiger partial charge in [-0.1, -0.05) is 183 Å². The van der Waals surface area contributed by atoms with E-state index in [2.05, 4.69) is 220 Å². The number of allylic oxidation sites excluding steroid dienone is 11. The molecule has 12 rings (SSSR count). The quantitative estimate of drug-likeness (QED) is 0.135. The summed E-state index contributed by atoms with van der Waals surface area (Å²) in [6, 6.07) is 49.0. The van der Waals surface area contributed by atoms with Gasteiger partial charge in [0.1, 0.15) is 0 Å². The van der Waals surface area contributed by atoms with E-state index in [0.717, 1.165) is 60.5 Å². The monoisotopic (exact) mass is 843 g/mol. The fourth-order valence-corrected chi connectivity index (χ4v) is 12.3. The van der Waals surface area contributed by atoms with Crippen LogP contribution in [0.4, 0.5) is 11.4 Å². The molecule has 1 heterocycles. The Labute approximate surface area is 383 Å². The zero-order valence-corrected chi connectivity index (χ0v) is 37.2. The fourth-order valence-electron chi connectivity index (χ4n) is 12.3. The minimum Gasteiger partial charge on any atom is -0.449 e. The number of hydrogen-bond acceptors (Lipinski definition) is 3. The van der Waals surface area contributed by atoms with Gasteiger partial charge in [-0.05, 0) is 113 Å². The van der Waals surface area contributed by atoms with Gasteiger partial charge in [-0.3, -0.25) is 0 Å². The van der Waals surface area contributed by atoms with E-state index in [9.17, 15) is 0 Å². The van der Waals surface area contributed by atoms with Crippen molar-refractivity contribution in [2.24, 2.45) is 5.92 Å². The zero-order valence-electron chi connectivity index (χ0n) is 37.2. The SMILES string of the molecule is C=CCC(C)C1(C)C2=C(C=CCC2)c2cc(N(c3ccc4c(c3)Oc3ccc5c(c3O4)-c3ccccc3C5(C3=CC=CCC3)c3ccccc3)C3C=CC=CC3c3ccccc3)ccc21. The molecule has 318 valence electrons. The molecule has 0 N–H and O–H groups in total. The van der Waals surface area contributed by atoms with Crippen molar-refractivity contribution in [2.45, 2.75) is 68.7 Å². The average molecular weight is 844 g/mol. The van der Waals surface area contributed by atoms with Crippen molar-refractivity contribution < 1.29 is 9.47 Å². The Morgan fingerprint density at radius 1 is 0.692 bits per heavy atom. The minimum absolute atomic E-state index is 0.00654. The largest absolute Gasteiger partial charge is 0.449 e. The molecule has 0 saturated heterocycles. The highest BCUT2D eigenvalue weighted by molar-refractivity contribution is 5.92. The maximum absolute atomic E-state index is 7.13. The Morgan fingerprint density at radius 3 is 2.26 bits per heavy atom. The molecule has 0 radical (unpaired) electrons. The van der Waals surface area contributed by atoms with Gasteiger partial charge < -0.3 is 14.4 Å². The molecule has 6 aromatic rings. The second-order valence-electron chi connectivity index (χ2n) is 18.7. The number of anilines is 2. The average Bonchev–Trinajstić information content (AvgIpc) is 3.82. The molecule has 0 bridgehead atoms. The van der Waals surface area contributed by atoms with Crippen LogP contribution in [0.3, 0.4) is 0 Å². The van der Waals surface area contributed by atoms with Crippen LogP contribution >= 0.6 is 0 Å². The maximum atomic E-state index is 7.13. The Morgan fingerprint density at radius 2 is 1.43 bits per heavy atom. The summed E-state index contributed by atoms with van der Waals surface area (Å²) in [5.41, 5.74) is 16.2. The first-order chi connectivity index (χ1) is 32.0. The highest BCUT2D eigenvalue weighted by Gasteiger charge is 2.50. The number of hydrogen-bond donors (Lipinski definition) is 0. The maximum Gasteiger partial charge on any atom is 0.178 e. The Kier molecular flexibility index (Phi) is 9.45. The van der Waals surface area contributed by atoms with E-state index in [1.54, 1.807) is 5.57 Å². The lowest BCUT2D eigenvalue weighted by molar-refractivity contribution is 0.360. The molecular weight excluding hydrogens is 791 g/mol. The van der Waals surface area contributed by atoms with Gasteiger partial charge in [0.15, 0.2) is 23.0 Å². The Hall–Kier alpha value is -7.10. The van der Waals surface area contributed by atoms with E-state index in [1.165, 1.54) is 50.1 Å². The second-order valence-corrected chi connectivity index (χ2v) is 18.7. The Balaban J connectivity index is 0.990. The Bertz CT molecular complexity index is 3090. The van der Waals surface area contributed by atoms with Crippen LogP contribution in [0.25, 0.3) is 16.7 Å². The lowest BCUT2D eigenvalue weighted by atomic mass is 9.65. The van der Waals surface area contributed by atoms with E-state index in [4.69, 9.17) is 9.47 Å². The topological polar surface area (TPSA) is 21.7 Å². The third kappa shape index (κ3) is 5.94. The highest BCUT2D eigenvalue weighted by atomic mass is 16.6. The predicted octanol–water partition coefficient (Wildman–Crippen LogP) is 16.2. The number of benzene rings is 6. The van der Waals surface area contributed by atoms with Crippen LogP contribution in [0.1, 0.15) is 85.3 Å². The third-order valence-electron chi connectivity index (χ3n) is 15.5. The molecule has 3 heteroatoms. The lowest BCUT2D eigenvalue weighted by Gasteiger charge is -2.39. The highest BCUT2D eigenvalue weighted by Crippen LogP contribution is 2.63. The molecule has 3 nitrogen and oxygen atoms in total. The van der Waals surface area contributed by atoms with Crippen molar-refractivity contribution in [1.82, 2.24) is 0 Å². The van der Waals surface area contributed by atoms with Crippen molar-refractivity contribution >= 4 is 16.9 Å². The van der Waals surface area contributed by atoms with Gasteiger partial charge in [-0.2, -0.15) is 0 Å². The van der Waals surface area contributed by atoms with Crippen molar-refractivity contribution in [3.63, 3.8) is 0 Å². The summed E-state index contributed by atoms with van der Waals surface area (Å²) in [5.74, 6) is 3.48. The third-order valence-corrected chi connectivity index (χ3v) is 15.5. The van der Waals surface area contributed by atoms with Crippen LogP contribution in [-0.4, -0.2) is 6.04 Å². The summed E-state index contributed by atoms with van der Waals surface area (Å²) in [4.78, 5) is 2.52. The van der Waals surface area contributed by atoms with Crippen LogP contribution in [0.2, 0.25) is 0 Å². The smallest absolute Gasteiger partial charge is 0.178 e. The van der Waals surface area contributed by atoms with Crippen molar-refractivity contribution in [2.75, 3.05) is 4.90 Å². The molecule has 5 atom stereocenters. The predicted molar refractivity (Wildman–Crippen MR) is 268 cm³/mol. The molecule has 5 unspecified atom stereocenters. The van der Waals surface area contributed by atoms with Crippen LogP contribution in [0.15, 0.2) is 212 Å². The van der Waals surface area contributed by atoms with E-state index >= 15 is 0 Å². The molecule has 1 aliphatic heterocycles. The van der Waals surface area contributed by atoms with Crippen LogP contribution in [0.5, 0.6) is 23.0 Å². The summed E-state index contributed by atoms with van der Waals surface area (Å²) in [6.45, 7) is 9.02. The lowest BCUT2D eigenvalue weighted by Crippen LogP contribution is -2.35. The van der Waals surface area contributed by atoms with Gasteiger partial charge >= 0.3 is 0 Å². The molecule has 0 amide bonds. The molecule has 0 aromatic heterocycles. The number of ether oxygens (including phenoxy) is 2. The summed E-state index contributed by atoms with van der Waals surface area (Å²) in [6.07, 6.45) is 27.9. The first-order valence-corrected chi connectivity index (χ1v) is 23.5. The molecule has 5 aliphatic carbocycles. The van der Waals surface area contributed by atoms with E-state index < -0.39 is 5.41 Å². The van der Waals surface area contributed by atoms with Crippen molar-refractivity contribution in [3.8, 4) is 34.1 Å². The minimum atomic E-state index is -0.445. The molecule has 6 aliphatic rings. The summed E-state index contributed by atoms with van der Waals surface area (Å²) >= 11 is 0. The molecule has 0 fully saturated rings. The van der Waals surface area contributed by atoms with E-state index in [1.807, 2.05) is 0 Å². The van der Waals surface area contributed by atoms with Gasteiger partial charge in [0.25, 0.3) is 0 Å². The molecule has 0 spiro atoms. The van der Waals surface area contributed by atoms with E-state index in [-0.39, 0.29) is 17.4 Å². The van der Waals surface area contributed by atoms with Gasteiger partial charge in [-0.15, -0.1) is 6.58 Å². The normalized spacial score (nSPS) is 23.2. The van der Waals surface area contributed by atoms with Crippen LogP contribution < -0.4 is 14.4 Å². The molecule has 6 aromatic carbocycles. The molecule has 65 heavy (non-hydrogen) atoms. The standard InChI is InChI=1S/C62H53NO2/c1-4-20-41(2)61(3)51-30-17-14-28-48(51)50-39-45(33-35-52(50)61)63(55-32-19-16-27-47(55)42-21-8-5-9-22-42)46-34-37-56-58(40-46)64-57-38-36-54-59(60(57)65-56)49-29-15-18-31-53(49)62(54,43-23-10-6-11-24-43)44-25-12-7-13-26-44/h4-12,14-16,18-19,21-25,27-29,31-41,47,55H,1,13,17,20,26,30H2,2-3H3. The fraction of sp³-hybridized carbons (Fsp3) is 0.194. The van der Waals surface area contributed by atoms with Gasteiger partial charge in [0, 0.05) is 34.3 Å². The van der Waals surface area contributed by atoms with Crippen molar-refractivity contribution in [3.05, 3.63) is 245 Å². The first-order valence-electron chi connectivity index (χ1n) is 23.5. The van der Waals surface area contributed by atoms with Crippen LogP contribution in [-0.2, 0) is 10.8 Å². The van der Waals surface area contributed by atoms with Gasteiger partial charge in [0.2, 0.25) is 0 Å². The number of rotatable bonds is 9. The zero-order chi connectivity index (χ0) is 43.7. The van der Waals surface area contributed by atoms with Crippen molar-refractivity contribution in [1.29, 1.82) is 0 Å². The number of nitrogens with zero attached hydrogens (tertiary/aromatic N) is 1. The molecule has 0 saturated carbocycles. The summed E-state index contributed by atoms with van der Waals surface area (Å²) in [7, 11) is 0. The van der Waals surface area contributed by atoms with Crippen LogP contribution in [0, 0.1) is 5.92 Å². The summed E-state index contributed by atoms with van der Waals surface area (Å²) in [5, 5.41) is 0. The summed E-state index contributed by atoms with van der Waals surface area (Å²) < 4.78 is 14.2. The second kappa shape index (κ2) is 15.6. The van der Waals surface area contributed by atoms with E-state index in [0.29, 0.717) is 17.4 Å². The number of fused-ring (bicyclic) bond motifs is 8. The van der Waals surface area contributed by atoms with Gasteiger partial charge in [0.05, 0.1) is 11.5 Å². The molecular formula is C62H53NO2. The first kappa shape index (κ1) is 39.5. The van der Waals surface area contributed by atoms with Gasteiger partial charge in [-0.25, -0.2) is 0 Å².